The molecular formula is C11H11F3N4O5S2. The zero-order valence-corrected chi connectivity index (χ0v) is 14.3. The Labute approximate surface area is 141 Å². The maximum Gasteiger partial charge on any atom is 0.416 e. The van der Waals surface area contributed by atoms with Gasteiger partial charge in [-0.25, -0.2) is 4.98 Å². The van der Waals surface area contributed by atoms with E-state index in [0.717, 1.165) is 22.5 Å². The van der Waals surface area contributed by atoms with Crippen LogP contribution in [-0.2, 0) is 26.5 Å². The molecule has 2 rings (SSSR count). The van der Waals surface area contributed by atoms with Gasteiger partial charge in [0, 0.05) is 14.1 Å². The topological polar surface area (TPSA) is 111 Å². The van der Waals surface area contributed by atoms with Crippen LogP contribution in [0.3, 0.4) is 0 Å². The fourth-order valence-electron chi connectivity index (χ4n) is 1.52. The average Bonchev–Trinajstić information content (AvgIpc) is 2.97. The van der Waals surface area contributed by atoms with Crippen LogP contribution < -0.4 is 4.18 Å². The van der Waals surface area contributed by atoms with E-state index in [2.05, 4.69) is 14.3 Å². The smallest absolute Gasteiger partial charge is 0.377 e. The summed E-state index contributed by atoms with van der Waals surface area (Å²) in [5, 5.41) is 2.26. The molecule has 25 heavy (non-hydrogen) atoms. The molecule has 0 amide bonds. The van der Waals surface area contributed by atoms with E-state index < -0.39 is 43.0 Å². The number of rotatable bonds is 5. The van der Waals surface area contributed by atoms with Crippen molar-refractivity contribution in [3.63, 3.8) is 0 Å². The Bertz CT molecular complexity index is 983. The van der Waals surface area contributed by atoms with Gasteiger partial charge in [-0.05, 0) is 18.2 Å². The van der Waals surface area contributed by atoms with E-state index in [1.54, 1.807) is 0 Å². The molecule has 0 bridgehead atoms. The fourth-order valence-corrected chi connectivity index (χ4v) is 3.04. The summed E-state index contributed by atoms with van der Waals surface area (Å²) in [6, 6.07) is 3.15. The summed E-state index contributed by atoms with van der Waals surface area (Å²) in [6.45, 7) is 0. The largest absolute Gasteiger partial charge is 0.416 e. The van der Waals surface area contributed by atoms with Crippen LogP contribution >= 0.6 is 0 Å². The number of hydrogen-bond donors (Lipinski definition) is 0. The third kappa shape index (κ3) is 4.08. The second-order valence-corrected chi connectivity index (χ2v) is 8.19. The standard InChI is InChI=1S/C11H11F3N4O5S2/c1-17(2)25(21,22)18-7-15-10(16-18)24(19,20)23-9-5-3-4-8(6-9)11(12,13)14/h3-7H,1-2H3. The first-order chi connectivity index (χ1) is 11.3. The first kappa shape index (κ1) is 19.1. The van der Waals surface area contributed by atoms with Gasteiger partial charge >= 0.3 is 31.7 Å². The summed E-state index contributed by atoms with van der Waals surface area (Å²) in [5.41, 5.74) is -1.12. The van der Waals surface area contributed by atoms with Crippen molar-refractivity contribution >= 4 is 20.3 Å². The van der Waals surface area contributed by atoms with E-state index in [9.17, 15) is 30.0 Å². The minimum absolute atomic E-state index is 0.287. The lowest BCUT2D eigenvalue weighted by Gasteiger charge is -2.10. The molecule has 0 saturated heterocycles. The van der Waals surface area contributed by atoms with E-state index >= 15 is 0 Å². The third-order valence-electron chi connectivity index (χ3n) is 2.74. The fraction of sp³-hybridized carbons (Fsp3) is 0.273. The van der Waals surface area contributed by atoms with Crippen LogP contribution in [0.4, 0.5) is 13.2 Å². The van der Waals surface area contributed by atoms with Crippen molar-refractivity contribution in [3.05, 3.63) is 36.2 Å². The number of aromatic nitrogens is 3. The molecule has 0 aliphatic carbocycles. The first-order valence-corrected chi connectivity index (χ1v) is 9.11. The third-order valence-corrected chi connectivity index (χ3v) is 5.36. The van der Waals surface area contributed by atoms with Gasteiger partial charge in [-0.15, -0.1) is 9.19 Å². The Hall–Kier alpha value is -2.19. The summed E-state index contributed by atoms with van der Waals surface area (Å²) in [6.07, 6.45) is -4.07. The van der Waals surface area contributed by atoms with Gasteiger partial charge in [-0.1, -0.05) is 6.07 Å². The molecule has 138 valence electrons. The number of benzene rings is 1. The summed E-state index contributed by atoms with van der Waals surface area (Å²) in [7, 11) is -6.47. The molecule has 0 aliphatic heterocycles. The van der Waals surface area contributed by atoms with Crippen molar-refractivity contribution in [3.8, 4) is 5.75 Å². The molecular weight excluding hydrogens is 389 g/mol. The van der Waals surface area contributed by atoms with Crippen molar-refractivity contribution in [2.45, 2.75) is 11.3 Å². The van der Waals surface area contributed by atoms with E-state index in [4.69, 9.17) is 0 Å². The lowest BCUT2D eigenvalue weighted by molar-refractivity contribution is -0.137. The number of alkyl halides is 3. The summed E-state index contributed by atoms with van der Waals surface area (Å²) in [4.78, 5) is 3.31. The number of hydrogen-bond acceptors (Lipinski definition) is 7. The Morgan fingerprint density at radius 1 is 1.16 bits per heavy atom. The van der Waals surface area contributed by atoms with Crippen molar-refractivity contribution in [1.29, 1.82) is 0 Å². The quantitative estimate of drug-likeness (QED) is 0.680. The van der Waals surface area contributed by atoms with E-state index in [-0.39, 0.29) is 4.09 Å². The summed E-state index contributed by atoms with van der Waals surface area (Å²) < 4.78 is 91.1. The molecule has 1 aromatic heterocycles. The van der Waals surface area contributed by atoms with Crippen LogP contribution in [0.1, 0.15) is 5.56 Å². The van der Waals surface area contributed by atoms with Crippen LogP contribution in [0.15, 0.2) is 35.7 Å². The molecule has 0 saturated carbocycles. The Balaban J connectivity index is 2.34. The summed E-state index contributed by atoms with van der Waals surface area (Å²) in [5.74, 6) is -0.623. The minimum Gasteiger partial charge on any atom is -0.377 e. The van der Waals surface area contributed by atoms with Gasteiger partial charge in [0.1, 0.15) is 12.1 Å². The minimum atomic E-state index is -4.73. The van der Waals surface area contributed by atoms with Crippen LogP contribution in [0.25, 0.3) is 0 Å². The lowest BCUT2D eigenvalue weighted by Crippen LogP contribution is -2.29. The SMILES string of the molecule is CN(C)S(=O)(=O)n1cnc(S(=O)(=O)Oc2cccc(C(F)(F)F)c2)n1. The van der Waals surface area contributed by atoms with Crippen molar-refractivity contribution < 1.29 is 34.2 Å². The van der Waals surface area contributed by atoms with E-state index in [1.165, 1.54) is 14.1 Å². The number of nitrogens with zero attached hydrogens (tertiary/aromatic N) is 4. The van der Waals surface area contributed by atoms with Gasteiger partial charge in [0.2, 0.25) is 0 Å². The highest BCUT2D eigenvalue weighted by Gasteiger charge is 2.32. The highest BCUT2D eigenvalue weighted by atomic mass is 32.2. The second-order valence-electron chi connectivity index (χ2n) is 4.75. The highest BCUT2D eigenvalue weighted by molar-refractivity contribution is 7.87. The molecule has 14 heteroatoms. The molecule has 1 aromatic carbocycles. The zero-order chi connectivity index (χ0) is 19.0. The van der Waals surface area contributed by atoms with Gasteiger partial charge in [-0.2, -0.15) is 34.3 Å². The molecule has 1 heterocycles. The Kier molecular flexibility index (Phi) is 4.80. The van der Waals surface area contributed by atoms with Crippen LogP contribution in [-0.4, -0.2) is 49.4 Å². The molecule has 0 fully saturated rings. The van der Waals surface area contributed by atoms with Gasteiger partial charge in [0.25, 0.3) is 0 Å². The molecule has 0 spiro atoms. The second kappa shape index (κ2) is 6.27. The van der Waals surface area contributed by atoms with Crippen molar-refractivity contribution in [2.75, 3.05) is 14.1 Å². The lowest BCUT2D eigenvalue weighted by atomic mass is 10.2. The maximum absolute atomic E-state index is 12.6. The van der Waals surface area contributed by atoms with Crippen LogP contribution in [0, 0.1) is 0 Å². The Morgan fingerprint density at radius 2 is 1.80 bits per heavy atom. The Morgan fingerprint density at radius 3 is 2.36 bits per heavy atom. The number of halogens is 3. The molecule has 0 radical (unpaired) electrons. The molecule has 0 atom stereocenters. The highest BCUT2D eigenvalue weighted by Crippen LogP contribution is 2.31. The molecule has 0 aliphatic rings. The van der Waals surface area contributed by atoms with Gasteiger partial charge < -0.3 is 4.18 Å². The van der Waals surface area contributed by atoms with Crippen LogP contribution in [0.5, 0.6) is 5.75 Å². The molecule has 2 aromatic rings. The maximum atomic E-state index is 12.6. The molecule has 0 N–H and O–H groups in total. The van der Waals surface area contributed by atoms with Crippen LogP contribution in [0.2, 0.25) is 0 Å². The molecule has 9 nitrogen and oxygen atoms in total. The monoisotopic (exact) mass is 400 g/mol. The van der Waals surface area contributed by atoms with Crippen molar-refractivity contribution in [1.82, 2.24) is 18.5 Å². The summed E-state index contributed by atoms with van der Waals surface area (Å²) >= 11 is 0. The van der Waals surface area contributed by atoms with Crippen molar-refractivity contribution in [2.24, 2.45) is 0 Å². The average molecular weight is 400 g/mol. The van der Waals surface area contributed by atoms with E-state index in [1.807, 2.05) is 0 Å². The first-order valence-electron chi connectivity index (χ1n) is 6.30. The van der Waals surface area contributed by atoms with E-state index in [0.29, 0.717) is 12.4 Å². The van der Waals surface area contributed by atoms with Gasteiger partial charge in [-0.3, -0.25) is 0 Å². The predicted octanol–water partition coefficient (Wildman–Crippen LogP) is 0.719. The normalized spacial score (nSPS) is 13.2. The molecule has 0 unspecified atom stereocenters. The zero-order valence-electron chi connectivity index (χ0n) is 12.7. The van der Waals surface area contributed by atoms with Gasteiger partial charge in [0.15, 0.2) is 0 Å². The van der Waals surface area contributed by atoms with Gasteiger partial charge in [0.05, 0.1) is 5.56 Å². The predicted molar refractivity (Wildman–Crippen MR) is 77.3 cm³/mol.